The highest BCUT2D eigenvalue weighted by molar-refractivity contribution is 7.89. The molecule has 2 aromatic rings. The van der Waals surface area contributed by atoms with Crippen molar-refractivity contribution in [2.24, 2.45) is 0 Å². The molecule has 1 aliphatic rings. The first-order valence-electron chi connectivity index (χ1n) is 6.78. The summed E-state index contributed by atoms with van der Waals surface area (Å²) >= 11 is 0.878. The molecule has 0 saturated carbocycles. The molecule has 1 heterocycles. The first kappa shape index (κ1) is 15.7. The second-order valence-corrected chi connectivity index (χ2v) is 7.76. The van der Waals surface area contributed by atoms with Crippen LogP contribution in [0, 0.1) is 11.3 Å². The highest BCUT2D eigenvalue weighted by Gasteiger charge is 2.30. The molecule has 1 atom stereocenters. The summed E-state index contributed by atoms with van der Waals surface area (Å²) in [5.41, 5.74) is 2.32. The van der Waals surface area contributed by atoms with E-state index in [2.05, 4.69) is 10.8 Å². The molecule has 0 saturated heterocycles. The van der Waals surface area contributed by atoms with Crippen molar-refractivity contribution >= 4 is 27.3 Å². The lowest BCUT2D eigenvalue weighted by Gasteiger charge is -2.14. The maximum atomic E-state index is 12.5. The van der Waals surface area contributed by atoms with E-state index in [-0.39, 0.29) is 9.77 Å². The van der Waals surface area contributed by atoms with Gasteiger partial charge >= 0.3 is 5.97 Å². The van der Waals surface area contributed by atoms with Crippen LogP contribution in [0.4, 0.5) is 0 Å². The van der Waals surface area contributed by atoms with Crippen LogP contribution < -0.4 is 4.72 Å². The number of nitriles is 1. The Hall–Kier alpha value is -2.21. The number of hydrogen-bond donors (Lipinski definition) is 2. The summed E-state index contributed by atoms with van der Waals surface area (Å²) in [6.07, 6.45) is 1.25. The molecule has 0 spiro atoms. The zero-order valence-corrected chi connectivity index (χ0v) is 13.4. The zero-order chi connectivity index (χ0) is 16.6. The van der Waals surface area contributed by atoms with Gasteiger partial charge in [0.2, 0.25) is 10.0 Å². The average molecular weight is 348 g/mol. The Kier molecular flexibility index (Phi) is 3.93. The van der Waals surface area contributed by atoms with Crippen LogP contribution >= 0.6 is 11.3 Å². The number of nitrogens with zero attached hydrogens (tertiary/aromatic N) is 1. The third-order valence-corrected chi connectivity index (χ3v) is 6.31. The number of fused-ring (bicyclic) bond motifs is 1. The zero-order valence-electron chi connectivity index (χ0n) is 11.8. The minimum atomic E-state index is -3.92. The van der Waals surface area contributed by atoms with Gasteiger partial charge in [-0.15, -0.1) is 11.3 Å². The molecule has 0 radical (unpaired) electrons. The van der Waals surface area contributed by atoms with E-state index < -0.39 is 22.0 Å². The van der Waals surface area contributed by atoms with Crippen molar-refractivity contribution < 1.29 is 18.3 Å². The first-order chi connectivity index (χ1) is 10.9. The second kappa shape index (κ2) is 5.77. The molecule has 1 aromatic heterocycles. The number of carboxylic acids is 1. The van der Waals surface area contributed by atoms with Crippen molar-refractivity contribution in [2.75, 3.05) is 0 Å². The first-order valence-corrected chi connectivity index (χ1v) is 9.14. The van der Waals surface area contributed by atoms with Gasteiger partial charge in [0.05, 0.1) is 11.6 Å². The third-order valence-electron chi connectivity index (χ3n) is 3.76. The third kappa shape index (κ3) is 2.86. The molecule has 118 valence electrons. The summed E-state index contributed by atoms with van der Waals surface area (Å²) in [7, 11) is -3.92. The Morgan fingerprint density at radius 1 is 1.39 bits per heavy atom. The fourth-order valence-electron chi connectivity index (χ4n) is 2.73. The minimum absolute atomic E-state index is 0.199. The monoisotopic (exact) mass is 348 g/mol. The van der Waals surface area contributed by atoms with Gasteiger partial charge < -0.3 is 5.11 Å². The quantitative estimate of drug-likeness (QED) is 0.881. The SMILES string of the molecule is N#Cc1ccc2c(c1)CCC2NS(=O)(=O)c1ccsc1C(=O)O. The molecule has 0 aliphatic heterocycles. The number of aromatic carboxylic acids is 1. The average Bonchev–Trinajstić information content (AvgIpc) is 3.14. The number of carboxylic acid groups (broad SMARTS) is 1. The van der Waals surface area contributed by atoms with E-state index in [0.717, 1.165) is 22.5 Å². The summed E-state index contributed by atoms with van der Waals surface area (Å²) in [5, 5.41) is 19.4. The van der Waals surface area contributed by atoms with Crippen LogP contribution in [0.25, 0.3) is 0 Å². The van der Waals surface area contributed by atoms with Crippen molar-refractivity contribution in [3.8, 4) is 6.07 Å². The standard InChI is InChI=1S/C15H12N2O4S2/c16-8-9-1-3-11-10(7-9)2-4-12(11)17-23(20,21)13-5-6-22-14(13)15(18)19/h1,3,5-7,12,17H,2,4H2,(H,18,19). The Morgan fingerprint density at radius 3 is 2.87 bits per heavy atom. The Balaban J connectivity index is 1.91. The fourth-order valence-corrected chi connectivity index (χ4v) is 5.24. The predicted octanol–water partition coefficient (Wildman–Crippen LogP) is 2.28. The Labute approximate surface area is 137 Å². The Bertz CT molecular complexity index is 925. The predicted molar refractivity (Wildman–Crippen MR) is 83.8 cm³/mol. The molecule has 1 aromatic carbocycles. The number of carbonyl (C=O) groups is 1. The van der Waals surface area contributed by atoms with Crippen molar-refractivity contribution in [1.29, 1.82) is 5.26 Å². The molecule has 1 unspecified atom stereocenters. The van der Waals surface area contributed by atoms with Crippen LogP contribution in [-0.4, -0.2) is 19.5 Å². The van der Waals surface area contributed by atoms with E-state index >= 15 is 0 Å². The molecular weight excluding hydrogens is 336 g/mol. The van der Waals surface area contributed by atoms with Gasteiger partial charge in [-0.3, -0.25) is 0 Å². The van der Waals surface area contributed by atoms with E-state index in [9.17, 15) is 13.2 Å². The highest BCUT2D eigenvalue weighted by atomic mass is 32.2. The van der Waals surface area contributed by atoms with E-state index in [1.165, 1.54) is 11.4 Å². The highest BCUT2D eigenvalue weighted by Crippen LogP contribution is 2.33. The molecule has 0 amide bonds. The summed E-state index contributed by atoms with van der Waals surface area (Å²) in [6, 6.07) is 8.11. The second-order valence-electron chi connectivity index (χ2n) is 5.16. The smallest absolute Gasteiger partial charge is 0.347 e. The normalized spacial score (nSPS) is 16.7. The molecule has 23 heavy (non-hydrogen) atoms. The molecule has 8 heteroatoms. The number of benzene rings is 1. The Morgan fingerprint density at radius 2 is 2.17 bits per heavy atom. The molecule has 0 bridgehead atoms. The fraction of sp³-hybridized carbons (Fsp3) is 0.200. The van der Waals surface area contributed by atoms with Gasteiger partial charge in [-0.2, -0.15) is 5.26 Å². The van der Waals surface area contributed by atoms with Crippen molar-refractivity contribution in [1.82, 2.24) is 4.72 Å². The van der Waals surface area contributed by atoms with Gasteiger partial charge in [-0.1, -0.05) is 6.07 Å². The number of aryl methyl sites for hydroxylation is 1. The van der Waals surface area contributed by atoms with E-state index in [4.69, 9.17) is 10.4 Å². The van der Waals surface area contributed by atoms with Crippen LogP contribution in [0.5, 0.6) is 0 Å². The van der Waals surface area contributed by atoms with Crippen LogP contribution in [0.3, 0.4) is 0 Å². The van der Waals surface area contributed by atoms with E-state index in [1.54, 1.807) is 18.2 Å². The number of nitrogens with one attached hydrogen (secondary N) is 1. The number of hydrogen-bond acceptors (Lipinski definition) is 5. The van der Waals surface area contributed by atoms with Gasteiger partial charge in [0, 0.05) is 6.04 Å². The number of thiophene rings is 1. The molecule has 1 aliphatic carbocycles. The topological polar surface area (TPSA) is 107 Å². The number of sulfonamides is 1. The molecular formula is C15H12N2O4S2. The molecule has 3 rings (SSSR count). The molecule has 0 fully saturated rings. The summed E-state index contributed by atoms with van der Waals surface area (Å²) in [6.45, 7) is 0. The minimum Gasteiger partial charge on any atom is -0.477 e. The lowest BCUT2D eigenvalue weighted by atomic mass is 10.1. The van der Waals surface area contributed by atoms with Crippen LogP contribution in [-0.2, 0) is 16.4 Å². The number of rotatable bonds is 4. The van der Waals surface area contributed by atoms with Crippen molar-refractivity contribution in [3.05, 3.63) is 51.2 Å². The molecule has 2 N–H and O–H groups in total. The lowest BCUT2D eigenvalue weighted by molar-refractivity contribution is 0.0698. The summed E-state index contributed by atoms with van der Waals surface area (Å²) in [4.78, 5) is 10.7. The maximum Gasteiger partial charge on any atom is 0.347 e. The summed E-state index contributed by atoms with van der Waals surface area (Å²) in [5.74, 6) is -1.26. The van der Waals surface area contributed by atoms with Gasteiger partial charge in [0.15, 0.2) is 0 Å². The van der Waals surface area contributed by atoms with Crippen LogP contribution in [0.1, 0.15) is 38.8 Å². The molecule has 6 nitrogen and oxygen atoms in total. The summed E-state index contributed by atoms with van der Waals surface area (Å²) < 4.78 is 27.6. The van der Waals surface area contributed by atoms with Crippen molar-refractivity contribution in [3.63, 3.8) is 0 Å². The van der Waals surface area contributed by atoms with Gasteiger partial charge in [-0.05, 0) is 47.5 Å². The van der Waals surface area contributed by atoms with Crippen LogP contribution in [0.15, 0.2) is 34.5 Å². The lowest BCUT2D eigenvalue weighted by Crippen LogP contribution is -2.28. The van der Waals surface area contributed by atoms with Gasteiger partial charge in [-0.25, -0.2) is 17.9 Å². The van der Waals surface area contributed by atoms with E-state index in [1.807, 2.05) is 0 Å². The van der Waals surface area contributed by atoms with Crippen LogP contribution in [0.2, 0.25) is 0 Å². The van der Waals surface area contributed by atoms with Gasteiger partial charge in [0.25, 0.3) is 0 Å². The van der Waals surface area contributed by atoms with E-state index in [0.29, 0.717) is 18.4 Å². The van der Waals surface area contributed by atoms with Gasteiger partial charge in [0.1, 0.15) is 9.77 Å². The maximum absolute atomic E-state index is 12.5. The largest absolute Gasteiger partial charge is 0.477 e. The van der Waals surface area contributed by atoms with Crippen molar-refractivity contribution in [2.45, 2.75) is 23.8 Å².